The van der Waals surface area contributed by atoms with Gasteiger partial charge in [0, 0.05) is 23.3 Å². The van der Waals surface area contributed by atoms with E-state index in [0.717, 1.165) is 49.7 Å². The molecule has 6 atom stereocenters. The molecule has 31 heavy (non-hydrogen) atoms. The first-order chi connectivity index (χ1) is 14.4. The number of aliphatic hydroxyl groups excluding tert-OH is 1. The van der Waals surface area contributed by atoms with E-state index in [1.165, 1.54) is 5.57 Å². The minimum Gasteiger partial charge on any atom is -0.504 e. The fourth-order valence-corrected chi connectivity index (χ4v) is 8.39. The topological polar surface area (TPSA) is 54.4 Å². The van der Waals surface area contributed by atoms with Gasteiger partial charge in [-0.1, -0.05) is 52.3 Å². The maximum Gasteiger partial charge on any atom is 0.220 e. The number of aliphatic hydroxyl groups is 1. The van der Waals surface area contributed by atoms with Crippen LogP contribution in [0.15, 0.2) is 46.3 Å². The summed E-state index contributed by atoms with van der Waals surface area (Å²) in [6, 6.07) is 0. The van der Waals surface area contributed by atoms with Crippen molar-refractivity contribution in [3.63, 3.8) is 0 Å². The fraction of sp³-hybridized carbons (Fsp3) is 0.643. The third kappa shape index (κ3) is 2.41. The van der Waals surface area contributed by atoms with Crippen molar-refractivity contribution in [2.24, 2.45) is 33.5 Å². The summed E-state index contributed by atoms with van der Waals surface area (Å²) >= 11 is 0. The standard InChI is InChI=1S/C28H36O3/c1-16-13-23-25(3,15-21(16)30)9-11-27(5)22-8-7-18-17(2)24(31)20(29)14-19(18)26(22,4)10-12-28(23,27)6/h7-8,14,16,23,31H,9-13,15H2,1-6H3/t16-,23-,25+,26+,27+,28+/m0/s1. The van der Waals surface area contributed by atoms with Gasteiger partial charge in [0.1, 0.15) is 5.78 Å². The molecule has 0 aromatic rings. The summed E-state index contributed by atoms with van der Waals surface area (Å²) in [5.74, 6) is 0.767. The number of Topliss-reactive ketones (excluding diaryl/α,β-unsaturated/α-hetero) is 1. The molecule has 3 nitrogen and oxygen atoms in total. The molecule has 0 radical (unpaired) electrons. The molecule has 3 fully saturated rings. The van der Waals surface area contributed by atoms with Crippen LogP contribution >= 0.6 is 0 Å². The molecule has 0 aromatic carbocycles. The highest BCUT2D eigenvalue weighted by Crippen LogP contribution is 2.74. The maximum atomic E-state index is 12.6. The monoisotopic (exact) mass is 420 g/mol. The van der Waals surface area contributed by atoms with Crippen LogP contribution in [0, 0.1) is 33.5 Å². The molecule has 0 heterocycles. The SMILES string of the molecule is CC1=C(O)C(=O)C=C2C1=CC=C1[C@]2(C)CC[C@]2(C)[C@H]3C[C@H](C)C(=O)C[C@@]3(C)CC[C@]12C. The Bertz CT molecular complexity index is 1040. The fourth-order valence-electron chi connectivity index (χ4n) is 8.39. The van der Waals surface area contributed by atoms with Crippen molar-refractivity contribution < 1.29 is 14.7 Å². The molecule has 3 heteroatoms. The summed E-state index contributed by atoms with van der Waals surface area (Å²) in [6.07, 6.45) is 12.2. The molecule has 0 aromatic heterocycles. The number of carbonyl (C=O) groups excluding carboxylic acids is 2. The molecule has 0 bridgehead atoms. The first-order valence-corrected chi connectivity index (χ1v) is 12.0. The molecule has 0 aliphatic heterocycles. The Labute approximate surface area is 186 Å². The zero-order valence-corrected chi connectivity index (χ0v) is 19.9. The molecule has 0 unspecified atom stereocenters. The van der Waals surface area contributed by atoms with Crippen LogP contribution in [0.2, 0.25) is 0 Å². The summed E-state index contributed by atoms with van der Waals surface area (Å²) in [6.45, 7) is 13.6. The molecule has 1 N–H and O–H groups in total. The lowest BCUT2D eigenvalue weighted by molar-refractivity contribution is -0.161. The second kappa shape index (κ2) is 6.11. The van der Waals surface area contributed by atoms with Gasteiger partial charge in [0.15, 0.2) is 5.76 Å². The Morgan fingerprint density at radius 3 is 2.42 bits per heavy atom. The summed E-state index contributed by atoms with van der Waals surface area (Å²) in [5, 5.41) is 10.2. The summed E-state index contributed by atoms with van der Waals surface area (Å²) < 4.78 is 0. The number of hydrogen-bond donors (Lipinski definition) is 1. The van der Waals surface area contributed by atoms with Gasteiger partial charge in [-0.3, -0.25) is 9.59 Å². The predicted octanol–water partition coefficient (Wildman–Crippen LogP) is 6.42. The van der Waals surface area contributed by atoms with Crippen LogP contribution in [0.25, 0.3) is 0 Å². The zero-order chi connectivity index (χ0) is 22.6. The lowest BCUT2D eigenvalue weighted by Crippen LogP contribution is -2.61. The van der Waals surface area contributed by atoms with Crippen molar-refractivity contribution in [3.8, 4) is 0 Å². The van der Waals surface area contributed by atoms with E-state index in [-0.39, 0.29) is 39.1 Å². The Kier molecular flexibility index (Phi) is 4.14. The Morgan fingerprint density at radius 1 is 1.00 bits per heavy atom. The van der Waals surface area contributed by atoms with Gasteiger partial charge in [-0.15, -0.1) is 0 Å². The second-order valence-corrected chi connectivity index (χ2v) is 12.1. The Morgan fingerprint density at radius 2 is 1.71 bits per heavy atom. The van der Waals surface area contributed by atoms with Crippen LogP contribution < -0.4 is 0 Å². The molecule has 5 aliphatic carbocycles. The minimum absolute atomic E-state index is 0.0350. The van der Waals surface area contributed by atoms with Gasteiger partial charge in [0.05, 0.1) is 0 Å². The zero-order valence-electron chi connectivity index (χ0n) is 19.9. The van der Waals surface area contributed by atoms with Crippen LogP contribution in [0.4, 0.5) is 0 Å². The highest BCUT2D eigenvalue weighted by Gasteiger charge is 2.66. The number of allylic oxidation sites excluding steroid dienone is 7. The van der Waals surface area contributed by atoms with E-state index in [2.05, 4.69) is 46.8 Å². The molecule has 0 spiro atoms. The van der Waals surface area contributed by atoms with Crippen molar-refractivity contribution in [2.45, 2.75) is 80.1 Å². The van der Waals surface area contributed by atoms with E-state index in [9.17, 15) is 14.7 Å². The van der Waals surface area contributed by atoms with Crippen LogP contribution in [-0.4, -0.2) is 16.7 Å². The van der Waals surface area contributed by atoms with E-state index >= 15 is 0 Å². The number of hydrogen-bond acceptors (Lipinski definition) is 3. The second-order valence-electron chi connectivity index (χ2n) is 12.1. The van der Waals surface area contributed by atoms with E-state index in [1.807, 2.05) is 6.92 Å². The van der Waals surface area contributed by atoms with Gasteiger partial charge in [0.25, 0.3) is 0 Å². The smallest absolute Gasteiger partial charge is 0.220 e. The molecular weight excluding hydrogens is 384 g/mol. The van der Waals surface area contributed by atoms with Gasteiger partial charge in [0.2, 0.25) is 5.78 Å². The summed E-state index contributed by atoms with van der Waals surface area (Å²) in [7, 11) is 0. The van der Waals surface area contributed by atoms with Crippen LogP contribution in [-0.2, 0) is 9.59 Å². The third-order valence-corrected chi connectivity index (χ3v) is 10.7. The Hall–Kier alpha value is -1.90. The largest absolute Gasteiger partial charge is 0.504 e. The van der Waals surface area contributed by atoms with Crippen molar-refractivity contribution in [3.05, 3.63) is 46.3 Å². The predicted molar refractivity (Wildman–Crippen MR) is 122 cm³/mol. The quantitative estimate of drug-likeness (QED) is 0.492. The normalized spacial score (nSPS) is 46.8. The van der Waals surface area contributed by atoms with Crippen LogP contribution in [0.5, 0.6) is 0 Å². The first kappa shape index (κ1) is 21.0. The van der Waals surface area contributed by atoms with E-state index in [1.54, 1.807) is 6.08 Å². The maximum absolute atomic E-state index is 12.6. The number of ketones is 2. The summed E-state index contributed by atoms with van der Waals surface area (Å²) in [5.41, 5.74) is 4.37. The van der Waals surface area contributed by atoms with Crippen LogP contribution in [0.3, 0.4) is 0 Å². The molecular formula is C28H36O3. The molecule has 5 aliphatic rings. The van der Waals surface area contributed by atoms with Crippen molar-refractivity contribution >= 4 is 11.6 Å². The molecule has 0 saturated heterocycles. The van der Waals surface area contributed by atoms with Gasteiger partial charge in [-0.05, 0) is 78.4 Å². The lowest BCUT2D eigenvalue weighted by Gasteiger charge is -2.69. The number of rotatable bonds is 0. The van der Waals surface area contributed by atoms with Gasteiger partial charge in [-0.25, -0.2) is 0 Å². The third-order valence-electron chi connectivity index (χ3n) is 10.7. The van der Waals surface area contributed by atoms with E-state index < -0.39 is 0 Å². The number of carbonyl (C=O) groups is 2. The molecule has 0 amide bonds. The average molecular weight is 421 g/mol. The first-order valence-electron chi connectivity index (χ1n) is 12.0. The van der Waals surface area contributed by atoms with Crippen molar-refractivity contribution in [1.82, 2.24) is 0 Å². The van der Waals surface area contributed by atoms with E-state index in [4.69, 9.17) is 0 Å². The Balaban J connectivity index is 1.65. The lowest BCUT2D eigenvalue weighted by atomic mass is 9.35. The molecule has 3 saturated carbocycles. The van der Waals surface area contributed by atoms with E-state index in [0.29, 0.717) is 17.3 Å². The van der Waals surface area contributed by atoms with Gasteiger partial charge < -0.3 is 5.11 Å². The molecule has 5 rings (SSSR count). The van der Waals surface area contributed by atoms with Crippen molar-refractivity contribution in [1.29, 1.82) is 0 Å². The highest BCUT2D eigenvalue weighted by atomic mass is 16.3. The highest BCUT2D eigenvalue weighted by molar-refractivity contribution is 6.06. The van der Waals surface area contributed by atoms with Gasteiger partial charge >= 0.3 is 0 Å². The van der Waals surface area contributed by atoms with Crippen molar-refractivity contribution in [2.75, 3.05) is 0 Å². The summed E-state index contributed by atoms with van der Waals surface area (Å²) in [4.78, 5) is 25.2. The number of fused-ring (bicyclic) bond motifs is 7. The molecule has 166 valence electrons. The van der Waals surface area contributed by atoms with Gasteiger partial charge in [-0.2, -0.15) is 0 Å². The minimum atomic E-state index is -0.263. The van der Waals surface area contributed by atoms with Crippen LogP contribution in [0.1, 0.15) is 80.1 Å². The average Bonchev–Trinajstić information content (AvgIpc) is 2.71.